The lowest BCUT2D eigenvalue weighted by Gasteiger charge is -2.08. The number of rotatable bonds is 6. The van der Waals surface area contributed by atoms with Crippen LogP contribution in [0.1, 0.15) is 24.8 Å². The monoisotopic (exact) mass is 344 g/mol. The summed E-state index contributed by atoms with van der Waals surface area (Å²) in [5.41, 5.74) is 1.06. The molecule has 0 atom stereocenters. The standard InChI is InChI=1S/C17H13F5O2/c18-12-13(19)15(21)17(16(22)14(12)20)24-11(23)9-5-4-8-10-6-2-1-3-7-10/h1-3,6-7H,4-5,8-9H2. The Labute approximate surface area is 134 Å². The third-order valence-corrected chi connectivity index (χ3v) is 3.32. The van der Waals surface area contributed by atoms with Crippen LogP contribution in [0.2, 0.25) is 0 Å². The normalized spacial score (nSPS) is 10.7. The molecule has 0 saturated carbocycles. The molecule has 0 aliphatic rings. The van der Waals surface area contributed by atoms with Crippen LogP contribution in [0, 0.1) is 29.1 Å². The van der Waals surface area contributed by atoms with Crippen molar-refractivity contribution in [1.82, 2.24) is 0 Å². The van der Waals surface area contributed by atoms with Crippen LogP contribution in [0.4, 0.5) is 22.0 Å². The van der Waals surface area contributed by atoms with Gasteiger partial charge in [-0.3, -0.25) is 4.79 Å². The molecule has 0 radical (unpaired) electrons. The van der Waals surface area contributed by atoms with Crippen molar-refractivity contribution in [1.29, 1.82) is 0 Å². The average Bonchev–Trinajstić information content (AvgIpc) is 2.60. The first-order valence-corrected chi connectivity index (χ1v) is 7.18. The van der Waals surface area contributed by atoms with Crippen LogP contribution in [-0.4, -0.2) is 5.97 Å². The molecule has 24 heavy (non-hydrogen) atoms. The predicted molar refractivity (Wildman–Crippen MR) is 75.9 cm³/mol. The van der Waals surface area contributed by atoms with Gasteiger partial charge in [-0.25, -0.2) is 13.2 Å². The van der Waals surface area contributed by atoms with E-state index in [4.69, 9.17) is 0 Å². The molecule has 0 aliphatic heterocycles. The maximum atomic E-state index is 13.4. The van der Waals surface area contributed by atoms with Gasteiger partial charge in [0, 0.05) is 6.42 Å². The highest BCUT2D eigenvalue weighted by atomic mass is 19.2. The molecule has 0 bridgehead atoms. The second kappa shape index (κ2) is 7.90. The SMILES string of the molecule is O=C(CCCCc1ccccc1)Oc1c(F)c(F)c(F)c(F)c1F. The maximum absolute atomic E-state index is 13.4. The summed E-state index contributed by atoms with van der Waals surface area (Å²) in [7, 11) is 0. The summed E-state index contributed by atoms with van der Waals surface area (Å²) >= 11 is 0. The van der Waals surface area contributed by atoms with Crippen LogP contribution < -0.4 is 4.74 Å². The van der Waals surface area contributed by atoms with Crippen molar-refractivity contribution in [3.63, 3.8) is 0 Å². The Hall–Kier alpha value is -2.44. The molecule has 2 aromatic rings. The zero-order chi connectivity index (χ0) is 17.7. The van der Waals surface area contributed by atoms with Crippen molar-refractivity contribution in [2.45, 2.75) is 25.7 Å². The minimum absolute atomic E-state index is 0.202. The number of carbonyl (C=O) groups excluding carboxylic acids is 1. The Bertz CT molecular complexity index is 703. The third-order valence-electron chi connectivity index (χ3n) is 3.32. The number of esters is 1. The first kappa shape index (κ1) is 17.9. The fraction of sp³-hybridized carbons (Fsp3) is 0.235. The van der Waals surface area contributed by atoms with Crippen molar-refractivity contribution < 1.29 is 31.5 Å². The van der Waals surface area contributed by atoms with Crippen LogP contribution in [-0.2, 0) is 11.2 Å². The summed E-state index contributed by atoms with van der Waals surface area (Å²) in [6.45, 7) is 0. The van der Waals surface area contributed by atoms with Crippen molar-refractivity contribution in [2.75, 3.05) is 0 Å². The van der Waals surface area contributed by atoms with Crippen LogP contribution in [0.5, 0.6) is 5.75 Å². The molecule has 7 heteroatoms. The molecule has 0 fully saturated rings. The Morgan fingerprint density at radius 2 is 1.33 bits per heavy atom. The summed E-state index contributed by atoms with van der Waals surface area (Å²) in [5, 5.41) is 0. The van der Waals surface area contributed by atoms with Crippen molar-refractivity contribution in [2.24, 2.45) is 0 Å². The first-order valence-electron chi connectivity index (χ1n) is 7.18. The number of hydrogen-bond acceptors (Lipinski definition) is 2. The van der Waals surface area contributed by atoms with Gasteiger partial charge < -0.3 is 4.74 Å². The van der Waals surface area contributed by atoms with E-state index < -0.39 is 40.8 Å². The first-order chi connectivity index (χ1) is 11.4. The van der Waals surface area contributed by atoms with Gasteiger partial charge in [-0.1, -0.05) is 30.3 Å². The molecular weight excluding hydrogens is 331 g/mol. The van der Waals surface area contributed by atoms with E-state index in [2.05, 4.69) is 4.74 Å². The van der Waals surface area contributed by atoms with Gasteiger partial charge in [-0.15, -0.1) is 0 Å². The highest BCUT2D eigenvalue weighted by Crippen LogP contribution is 2.29. The van der Waals surface area contributed by atoms with Gasteiger partial charge >= 0.3 is 5.97 Å². The molecular formula is C17H13F5O2. The lowest BCUT2D eigenvalue weighted by Crippen LogP contribution is -2.13. The van der Waals surface area contributed by atoms with Gasteiger partial charge in [0.1, 0.15) is 0 Å². The zero-order valence-corrected chi connectivity index (χ0v) is 12.4. The quantitative estimate of drug-likeness (QED) is 0.190. The number of aryl methyl sites for hydroxylation is 1. The zero-order valence-electron chi connectivity index (χ0n) is 12.4. The van der Waals surface area contributed by atoms with Crippen molar-refractivity contribution in [3.05, 3.63) is 65.0 Å². The van der Waals surface area contributed by atoms with Gasteiger partial charge in [-0.05, 0) is 24.8 Å². The number of hydrogen-bond donors (Lipinski definition) is 0. The number of benzene rings is 2. The van der Waals surface area contributed by atoms with Gasteiger partial charge in [0.25, 0.3) is 0 Å². The molecule has 0 spiro atoms. The van der Waals surface area contributed by atoms with E-state index in [0.717, 1.165) is 5.56 Å². The van der Waals surface area contributed by atoms with E-state index in [-0.39, 0.29) is 6.42 Å². The third kappa shape index (κ3) is 4.10. The molecule has 0 amide bonds. The summed E-state index contributed by atoms with van der Waals surface area (Å²) in [4.78, 5) is 11.5. The molecule has 2 nitrogen and oxygen atoms in total. The Kier molecular flexibility index (Phi) is 5.89. The van der Waals surface area contributed by atoms with E-state index in [1.165, 1.54) is 0 Å². The van der Waals surface area contributed by atoms with Gasteiger partial charge in [0.15, 0.2) is 0 Å². The minimum atomic E-state index is -2.30. The minimum Gasteiger partial charge on any atom is -0.420 e. The second-order valence-corrected chi connectivity index (χ2v) is 5.07. The van der Waals surface area contributed by atoms with Crippen molar-refractivity contribution >= 4 is 5.97 Å². The summed E-state index contributed by atoms with van der Waals surface area (Å²) in [5.74, 6) is -13.6. The van der Waals surface area contributed by atoms with Gasteiger partial charge in [-0.2, -0.15) is 8.78 Å². The van der Waals surface area contributed by atoms with Gasteiger partial charge in [0.05, 0.1) is 0 Å². The van der Waals surface area contributed by atoms with Crippen LogP contribution in [0.3, 0.4) is 0 Å². The second-order valence-electron chi connectivity index (χ2n) is 5.07. The molecule has 0 unspecified atom stereocenters. The molecule has 2 rings (SSSR count). The van der Waals surface area contributed by atoms with E-state index in [0.29, 0.717) is 19.3 Å². The molecule has 0 aliphatic carbocycles. The van der Waals surface area contributed by atoms with E-state index in [9.17, 15) is 26.7 Å². The van der Waals surface area contributed by atoms with Crippen molar-refractivity contribution in [3.8, 4) is 5.75 Å². The molecule has 128 valence electrons. The lowest BCUT2D eigenvalue weighted by atomic mass is 10.1. The summed E-state index contributed by atoms with van der Waals surface area (Å²) < 4.78 is 69.9. The molecule has 0 heterocycles. The number of carbonyl (C=O) groups is 1. The van der Waals surface area contributed by atoms with Gasteiger partial charge in [0.2, 0.25) is 34.8 Å². The highest BCUT2D eigenvalue weighted by molar-refractivity contribution is 5.72. The van der Waals surface area contributed by atoms with E-state index >= 15 is 0 Å². The Morgan fingerprint density at radius 3 is 1.92 bits per heavy atom. The van der Waals surface area contributed by atoms with Crippen LogP contribution in [0.15, 0.2) is 30.3 Å². The smallest absolute Gasteiger partial charge is 0.311 e. The molecule has 0 saturated heterocycles. The number of unbranched alkanes of at least 4 members (excludes halogenated alkanes) is 1. The molecule has 0 aromatic heterocycles. The predicted octanol–water partition coefficient (Wildman–Crippen LogP) is 4.70. The van der Waals surface area contributed by atoms with Crippen LogP contribution in [0.25, 0.3) is 0 Å². The molecule has 2 aromatic carbocycles. The summed E-state index contributed by atoms with van der Waals surface area (Å²) in [6, 6.07) is 9.42. The molecule has 0 N–H and O–H groups in total. The fourth-order valence-electron chi connectivity index (χ4n) is 2.08. The van der Waals surface area contributed by atoms with E-state index in [1.54, 1.807) is 0 Å². The average molecular weight is 344 g/mol. The maximum Gasteiger partial charge on any atom is 0.311 e. The number of halogens is 5. The van der Waals surface area contributed by atoms with E-state index in [1.807, 2.05) is 30.3 Å². The number of ether oxygens (including phenoxy) is 1. The largest absolute Gasteiger partial charge is 0.420 e. The fourth-order valence-corrected chi connectivity index (χ4v) is 2.08. The Balaban J connectivity index is 1.91. The summed E-state index contributed by atoms with van der Waals surface area (Å²) in [6.07, 6.45) is 1.45. The highest BCUT2D eigenvalue weighted by Gasteiger charge is 2.28. The van der Waals surface area contributed by atoms with Crippen LogP contribution >= 0.6 is 0 Å². The Morgan fingerprint density at radius 1 is 0.792 bits per heavy atom. The topological polar surface area (TPSA) is 26.3 Å². The lowest BCUT2D eigenvalue weighted by molar-refractivity contribution is -0.135.